The standard InChI is InChI=1S/C12H12BrNO2/c1-7(2)14-6-10(13)12(16)9-5-8(15)3-4-11(9)14/h3-7,15H,1-2H3. The molecule has 0 fully saturated rings. The number of phenolic OH excluding ortho intramolecular Hbond substituents is 1. The molecule has 2 aromatic rings. The molecule has 84 valence electrons. The van der Waals surface area contributed by atoms with Crippen LogP contribution in [0.25, 0.3) is 10.9 Å². The molecule has 16 heavy (non-hydrogen) atoms. The van der Waals surface area contributed by atoms with Gasteiger partial charge in [-0.1, -0.05) is 0 Å². The van der Waals surface area contributed by atoms with E-state index in [4.69, 9.17) is 0 Å². The van der Waals surface area contributed by atoms with E-state index in [1.807, 2.05) is 18.4 Å². The van der Waals surface area contributed by atoms with Gasteiger partial charge in [-0.2, -0.15) is 0 Å². The summed E-state index contributed by atoms with van der Waals surface area (Å²) in [5, 5.41) is 9.94. The summed E-state index contributed by atoms with van der Waals surface area (Å²) in [5.74, 6) is 0.109. The van der Waals surface area contributed by atoms with Crippen molar-refractivity contribution in [3.05, 3.63) is 39.1 Å². The number of nitrogens with zero attached hydrogens (tertiary/aromatic N) is 1. The minimum absolute atomic E-state index is 0.0946. The second kappa shape index (κ2) is 3.94. The number of benzene rings is 1. The van der Waals surface area contributed by atoms with Crippen LogP contribution in [0.15, 0.2) is 33.7 Å². The van der Waals surface area contributed by atoms with Crippen molar-refractivity contribution in [1.82, 2.24) is 4.57 Å². The summed E-state index contributed by atoms with van der Waals surface area (Å²) < 4.78 is 2.51. The normalized spacial score (nSPS) is 11.2. The Balaban J connectivity index is 2.95. The molecule has 0 unspecified atom stereocenters. The van der Waals surface area contributed by atoms with Gasteiger partial charge in [0.15, 0.2) is 0 Å². The lowest BCUT2D eigenvalue weighted by atomic mass is 10.2. The lowest BCUT2D eigenvalue weighted by Crippen LogP contribution is -2.11. The van der Waals surface area contributed by atoms with Gasteiger partial charge >= 0.3 is 0 Å². The van der Waals surface area contributed by atoms with Crippen LogP contribution >= 0.6 is 15.9 Å². The molecule has 0 aliphatic rings. The van der Waals surface area contributed by atoms with Crippen LogP contribution in [0.5, 0.6) is 5.75 Å². The number of aromatic hydroxyl groups is 1. The molecular formula is C12H12BrNO2. The molecule has 0 atom stereocenters. The fourth-order valence-electron chi connectivity index (χ4n) is 1.74. The Bertz CT molecular complexity index is 602. The molecule has 0 saturated carbocycles. The van der Waals surface area contributed by atoms with E-state index in [0.717, 1.165) is 5.52 Å². The zero-order valence-corrected chi connectivity index (χ0v) is 10.7. The Morgan fingerprint density at radius 1 is 1.38 bits per heavy atom. The number of halogens is 1. The number of pyridine rings is 1. The highest BCUT2D eigenvalue weighted by Gasteiger charge is 2.09. The summed E-state index contributed by atoms with van der Waals surface area (Å²) in [5.41, 5.74) is 0.740. The molecule has 0 aliphatic carbocycles. The summed E-state index contributed by atoms with van der Waals surface area (Å²) in [6.07, 6.45) is 1.78. The molecule has 0 spiro atoms. The van der Waals surface area contributed by atoms with Gasteiger partial charge in [0.05, 0.1) is 15.4 Å². The van der Waals surface area contributed by atoms with Crippen molar-refractivity contribution in [3.63, 3.8) is 0 Å². The molecular weight excluding hydrogens is 270 g/mol. The third-order valence-corrected chi connectivity index (χ3v) is 3.09. The van der Waals surface area contributed by atoms with E-state index in [1.54, 1.807) is 18.3 Å². The van der Waals surface area contributed by atoms with Crippen molar-refractivity contribution in [2.75, 3.05) is 0 Å². The SMILES string of the molecule is CC(C)n1cc(Br)c(=O)c2cc(O)ccc21. The predicted molar refractivity (Wildman–Crippen MR) is 68.0 cm³/mol. The van der Waals surface area contributed by atoms with Gasteiger partial charge in [0.1, 0.15) is 5.75 Å². The van der Waals surface area contributed by atoms with E-state index in [0.29, 0.717) is 9.86 Å². The van der Waals surface area contributed by atoms with Gasteiger partial charge in [-0.3, -0.25) is 4.79 Å². The summed E-state index contributed by atoms with van der Waals surface area (Å²) in [4.78, 5) is 11.9. The van der Waals surface area contributed by atoms with Crippen molar-refractivity contribution < 1.29 is 5.11 Å². The predicted octanol–water partition coefficient (Wildman–Crippen LogP) is 3.05. The molecule has 1 aromatic carbocycles. The van der Waals surface area contributed by atoms with Crippen LogP contribution in [0.4, 0.5) is 0 Å². The number of hydrogen-bond acceptors (Lipinski definition) is 2. The van der Waals surface area contributed by atoms with E-state index in [2.05, 4.69) is 15.9 Å². The zero-order chi connectivity index (χ0) is 11.9. The van der Waals surface area contributed by atoms with Crippen LogP contribution in [0, 0.1) is 0 Å². The number of phenols is 1. The summed E-state index contributed by atoms with van der Waals surface area (Å²) in [6.45, 7) is 4.09. The first-order valence-corrected chi connectivity index (χ1v) is 5.83. The smallest absolute Gasteiger partial charge is 0.203 e. The highest BCUT2D eigenvalue weighted by atomic mass is 79.9. The molecule has 2 rings (SSSR count). The minimum atomic E-state index is -0.0946. The molecule has 0 amide bonds. The van der Waals surface area contributed by atoms with Crippen LogP contribution < -0.4 is 5.43 Å². The van der Waals surface area contributed by atoms with Crippen molar-refractivity contribution in [2.45, 2.75) is 19.9 Å². The van der Waals surface area contributed by atoms with E-state index in [-0.39, 0.29) is 17.2 Å². The Hall–Kier alpha value is -1.29. The maximum atomic E-state index is 11.9. The van der Waals surface area contributed by atoms with Gasteiger partial charge < -0.3 is 9.67 Å². The van der Waals surface area contributed by atoms with Crippen molar-refractivity contribution in [2.24, 2.45) is 0 Å². The van der Waals surface area contributed by atoms with E-state index in [9.17, 15) is 9.90 Å². The molecule has 0 bridgehead atoms. The van der Waals surface area contributed by atoms with Crippen molar-refractivity contribution >= 4 is 26.8 Å². The van der Waals surface area contributed by atoms with Gasteiger partial charge in [0, 0.05) is 12.2 Å². The summed E-state index contributed by atoms with van der Waals surface area (Å²) in [7, 11) is 0. The van der Waals surface area contributed by atoms with Crippen molar-refractivity contribution in [1.29, 1.82) is 0 Å². The Labute approximate surface area is 101 Å². The van der Waals surface area contributed by atoms with Crippen LogP contribution in [0.2, 0.25) is 0 Å². The Kier molecular flexibility index (Phi) is 2.76. The van der Waals surface area contributed by atoms with Crippen LogP contribution in [0.1, 0.15) is 19.9 Å². The average Bonchev–Trinajstić information content (AvgIpc) is 2.23. The Morgan fingerprint density at radius 2 is 2.06 bits per heavy atom. The van der Waals surface area contributed by atoms with Gasteiger partial charge in [-0.15, -0.1) is 0 Å². The third kappa shape index (κ3) is 1.73. The molecule has 3 nitrogen and oxygen atoms in total. The maximum Gasteiger partial charge on any atom is 0.203 e. The summed E-state index contributed by atoms with van der Waals surface area (Å²) in [6, 6.07) is 5.11. The first-order valence-electron chi connectivity index (χ1n) is 5.04. The zero-order valence-electron chi connectivity index (χ0n) is 9.07. The number of fused-ring (bicyclic) bond motifs is 1. The molecule has 1 N–H and O–H groups in total. The maximum absolute atomic E-state index is 11.9. The average molecular weight is 282 g/mol. The van der Waals surface area contributed by atoms with Gasteiger partial charge in [0.25, 0.3) is 0 Å². The van der Waals surface area contributed by atoms with Gasteiger partial charge in [-0.05, 0) is 48.0 Å². The molecule has 4 heteroatoms. The molecule has 0 aliphatic heterocycles. The lowest BCUT2D eigenvalue weighted by Gasteiger charge is -2.15. The Morgan fingerprint density at radius 3 is 2.69 bits per heavy atom. The van der Waals surface area contributed by atoms with E-state index >= 15 is 0 Å². The van der Waals surface area contributed by atoms with Gasteiger partial charge in [-0.25, -0.2) is 0 Å². The van der Waals surface area contributed by atoms with Crippen LogP contribution in [-0.2, 0) is 0 Å². The highest BCUT2D eigenvalue weighted by molar-refractivity contribution is 9.10. The second-order valence-corrected chi connectivity index (χ2v) is 4.86. The first-order chi connectivity index (χ1) is 7.50. The number of rotatable bonds is 1. The fraction of sp³-hybridized carbons (Fsp3) is 0.250. The second-order valence-electron chi connectivity index (χ2n) is 4.01. The number of hydrogen-bond donors (Lipinski definition) is 1. The monoisotopic (exact) mass is 281 g/mol. The fourth-order valence-corrected chi connectivity index (χ4v) is 2.17. The third-order valence-electron chi connectivity index (χ3n) is 2.53. The molecule has 0 radical (unpaired) electrons. The van der Waals surface area contributed by atoms with Gasteiger partial charge in [0.2, 0.25) is 5.43 Å². The highest BCUT2D eigenvalue weighted by Crippen LogP contribution is 2.22. The largest absolute Gasteiger partial charge is 0.508 e. The van der Waals surface area contributed by atoms with Crippen LogP contribution in [-0.4, -0.2) is 9.67 Å². The lowest BCUT2D eigenvalue weighted by molar-refractivity contribution is 0.476. The van der Waals surface area contributed by atoms with Crippen molar-refractivity contribution in [3.8, 4) is 5.75 Å². The molecule has 0 saturated heterocycles. The van der Waals surface area contributed by atoms with E-state index < -0.39 is 0 Å². The summed E-state index contributed by atoms with van der Waals surface area (Å²) >= 11 is 3.25. The molecule has 1 aromatic heterocycles. The number of aromatic nitrogens is 1. The minimum Gasteiger partial charge on any atom is -0.508 e. The van der Waals surface area contributed by atoms with Crippen LogP contribution in [0.3, 0.4) is 0 Å². The quantitative estimate of drug-likeness (QED) is 0.873. The van der Waals surface area contributed by atoms with E-state index in [1.165, 1.54) is 6.07 Å². The first kappa shape index (κ1) is 11.2. The molecule has 1 heterocycles. The topological polar surface area (TPSA) is 42.2 Å².